The maximum Gasteiger partial charge on any atom is 0.273 e. The predicted octanol–water partition coefficient (Wildman–Crippen LogP) is 3.25. The second-order valence-corrected chi connectivity index (χ2v) is 5.04. The summed E-state index contributed by atoms with van der Waals surface area (Å²) in [5, 5.41) is 14.7. The van der Waals surface area contributed by atoms with Gasteiger partial charge in [-0.15, -0.1) is 0 Å². The highest BCUT2D eigenvalue weighted by Crippen LogP contribution is 2.19. The van der Waals surface area contributed by atoms with E-state index in [4.69, 9.17) is 0 Å². The van der Waals surface area contributed by atoms with E-state index in [-0.39, 0.29) is 11.3 Å². The van der Waals surface area contributed by atoms with Crippen LogP contribution in [0.3, 0.4) is 0 Å². The van der Waals surface area contributed by atoms with Crippen molar-refractivity contribution in [3.63, 3.8) is 0 Å². The van der Waals surface area contributed by atoms with Gasteiger partial charge in [0.1, 0.15) is 0 Å². The molecule has 2 aromatic carbocycles. The minimum Gasteiger partial charge on any atom is -0.267 e. The summed E-state index contributed by atoms with van der Waals surface area (Å²) in [5.41, 5.74) is 4.22. The van der Waals surface area contributed by atoms with E-state index in [2.05, 4.69) is 10.5 Å². The summed E-state index contributed by atoms with van der Waals surface area (Å²) in [6.45, 7) is 1.63. The third kappa shape index (κ3) is 4.74. The summed E-state index contributed by atoms with van der Waals surface area (Å²) < 4.78 is 0. The second kappa shape index (κ2) is 7.84. The molecule has 0 aliphatic heterocycles. The van der Waals surface area contributed by atoms with E-state index in [0.29, 0.717) is 12.0 Å². The Morgan fingerprint density at radius 2 is 2.00 bits per heavy atom. The van der Waals surface area contributed by atoms with Crippen LogP contribution in [-0.4, -0.2) is 17.0 Å². The van der Waals surface area contributed by atoms with Crippen LogP contribution in [0, 0.1) is 17.0 Å². The number of hydrogen-bond acceptors (Lipinski definition) is 4. The molecule has 0 saturated heterocycles. The Bertz CT molecular complexity index is 727. The predicted molar refractivity (Wildman–Crippen MR) is 88.6 cm³/mol. The molecule has 0 radical (unpaired) electrons. The monoisotopic (exact) mass is 311 g/mol. The zero-order valence-corrected chi connectivity index (χ0v) is 12.7. The lowest BCUT2D eigenvalue weighted by molar-refractivity contribution is -0.385. The molecular weight excluding hydrogens is 294 g/mol. The summed E-state index contributed by atoms with van der Waals surface area (Å²) in [4.78, 5) is 22.3. The molecule has 6 nitrogen and oxygen atoms in total. The van der Waals surface area contributed by atoms with Gasteiger partial charge in [-0.2, -0.15) is 5.10 Å². The minimum absolute atomic E-state index is 0.0780. The number of benzene rings is 2. The summed E-state index contributed by atoms with van der Waals surface area (Å²) in [6, 6.07) is 14.3. The number of rotatable bonds is 6. The molecule has 0 aromatic heterocycles. The molecule has 0 unspecified atom stereocenters. The van der Waals surface area contributed by atoms with Crippen molar-refractivity contribution in [3.05, 3.63) is 75.3 Å². The van der Waals surface area contributed by atoms with Crippen LogP contribution in [0.5, 0.6) is 0 Å². The molecule has 1 N–H and O–H groups in total. The highest BCUT2D eigenvalue weighted by Gasteiger charge is 2.14. The van der Waals surface area contributed by atoms with Gasteiger partial charge in [-0.25, -0.2) is 5.43 Å². The summed E-state index contributed by atoms with van der Waals surface area (Å²) in [6.07, 6.45) is 3.14. The van der Waals surface area contributed by atoms with E-state index in [1.54, 1.807) is 19.2 Å². The molecule has 0 fully saturated rings. The Balaban J connectivity index is 1.88. The van der Waals surface area contributed by atoms with Crippen LogP contribution in [0.25, 0.3) is 0 Å². The molecule has 23 heavy (non-hydrogen) atoms. The van der Waals surface area contributed by atoms with E-state index in [1.807, 2.05) is 30.3 Å². The SMILES string of the molecule is Cc1ccc(C(=O)N/N=C/CCc2ccccc2)cc1[N+](=O)[O-]. The summed E-state index contributed by atoms with van der Waals surface area (Å²) in [5.74, 6) is -0.468. The van der Waals surface area contributed by atoms with Gasteiger partial charge in [-0.3, -0.25) is 14.9 Å². The van der Waals surface area contributed by atoms with Crippen LogP contribution in [0.4, 0.5) is 5.69 Å². The molecule has 0 spiro atoms. The van der Waals surface area contributed by atoms with Gasteiger partial charge >= 0.3 is 0 Å². The number of hydrogen-bond donors (Lipinski definition) is 1. The third-order valence-electron chi connectivity index (χ3n) is 3.33. The molecule has 0 heterocycles. The normalized spacial score (nSPS) is 10.7. The molecule has 2 rings (SSSR count). The van der Waals surface area contributed by atoms with Gasteiger partial charge in [0.15, 0.2) is 0 Å². The fraction of sp³-hybridized carbons (Fsp3) is 0.176. The zero-order chi connectivity index (χ0) is 16.7. The van der Waals surface area contributed by atoms with Crippen LogP contribution in [-0.2, 0) is 6.42 Å². The first-order valence-electron chi connectivity index (χ1n) is 7.19. The average molecular weight is 311 g/mol. The Kier molecular flexibility index (Phi) is 5.57. The van der Waals surface area contributed by atoms with Gasteiger partial charge in [-0.05, 0) is 31.4 Å². The number of aryl methyl sites for hydroxylation is 2. The van der Waals surface area contributed by atoms with Gasteiger partial charge < -0.3 is 0 Å². The first-order chi connectivity index (χ1) is 11.1. The molecule has 0 bridgehead atoms. The Hall–Kier alpha value is -3.02. The summed E-state index contributed by atoms with van der Waals surface area (Å²) in [7, 11) is 0. The molecule has 0 aliphatic rings. The van der Waals surface area contributed by atoms with Crippen molar-refractivity contribution < 1.29 is 9.72 Å². The standard InChI is InChI=1S/C17H17N3O3/c1-13-9-10-15(12-16(13)20(22)23)17(21)19-18-11-5-8-14-6-3-2-4-7-14/h2-4,6-7,9-12H,5,8H2,1H3,(H,19,21)/b18-11+. The van der Waals surface area contributed by atoms with E-state index < -0.39 is 10.8 Å². The molecule has 1 amide bonds. The number of nitrogens with one attached hydrogen (secondary N) is 1. The average Bonchev–Trinajstić information content (AvgIpc) is 2.55. The smallest absolute Gasteiger partial charge is 0.267 e. The minimum atomic E-state index is -0.505. The van der Waals surface area contributed by atoms with Crippen molar-refractivity contribution in [1.82, 2.24) is 5.43 Å². The number of hydrazone groups is 1. The van der Waals surface area contributed by atoms with Crippen molar-refractivity contribution in [2.45, 2.75) is 19.8 Å². The number of carbonyl (C=O) groups excluding carboxylic acids is 1. The highest BCUT2D eigenvalue weighted by molar-refractivity contribution is 5.95. The lowest BCUT2D eigenvalue weighted by Gasteiger charge is -2.02. The molecule has 0 aliphatic carbocycles. The van der Waals surface area contributed by atoms with Crippen LogP contribution >= 0.6 is 0 Å². The van der Waals surface area contributed by atoms with Crippen molar-refractivity contribution in [2.75, 3.05) is 0 Å². The molecule has 2 aromatic rings. The lowest BCUT2D eigenvalue weighted by atomic mass is 10.1. The Labute approximate surface area is 134 Å². The quantitative estimate of drug-likeness (QED) is 0.505. The van der Waals surface area contributed by atoms with E-state index in [0.717, 1.165) is 6.42 Å². The van der Waals surface area contributed by atoms with Gasteiger partial charge in [0.2, 0.25) is 0 Å². The zero-order valence-electron chi connectivity index (χ0n) is 12.7. The first-order valence-corrected chi connectivity index (χ1v) is 7.19. The van der Waals surface area contributed by atoms with Crippen LogP contribution in [0.2, 0.25) is 0 Å². The van der Waals surface area contributed by atoms with E-state index in [1.165, 1.54) is 17.7 Å². The van der Waals surface area contributed by atoms with Gasteiger partial charge in [-0.1, -0.05) is 36.4 Å². The third-order valence-corrected chi connectivity index (χ3v) is 3.33. The maximum atomic E-state index is 11.9. The molecule has 118 valence electrons. The molecule has 0 saturated carbocycles. The maximum absolute atomic E-state index is 11.9. The number of carbonyl (C=O) groups is 1. The van der Waals surface area contributed by atoms with Gasteiger partial charge in [0.05, 0.1) is 4.92 Å². The molecular formula is C17H17N3O3. The lowest BCUT2D eigenvalue weighted by Crippen LogP contribution is -2.17. The van der Waals surface area contributed by atoms with Crippen molar-refractivity contribution in [2.24, 2.45) is 5.10 Å². The number of amides is 1. The first kappa shape index (κ1) is 16.4. The van der Waals surface area contributed by atoms with Crippen LogP contribution in [0.1, 0.15) is 27.9 Å². The van der Waals surface area contributed by atoms with Crippen LogP contribution < -0.4 is 5.43 Å². The van der Waals surface area contributed by atoms with Crippen molar-refractivity contribution in [3.8, 4) is 0 Å². The largest absolute Gasteiger partial charge is 0.273 e. The molecule has 6 heteroatoms. The van der Waals surface area contributed by atoms with E-state index in [9.17, 15) is 14.9 Å². The molecule has 0 atom stereocenters. The second-order valence-electron chi connectivity index (χ2n) is 5.04. The Morgan fingerprint density at radius 1 is 1.26 bits per heavy atom. The van der Waals surface area contributed by atoms with E-state index >= 15 is 0 Å². The Morgan fingerprint density at radius 3 is 2.70 bits per heavy atom. The summed E-state index contributed by atoms with van der Waals surface area (Å²) >= 11 is 0. The number of nitro benzene ring substituents is 1. The highest BCUT2D eigenvalue weighted by atomic mass is 16.6. The van der Waals surface area contributed by atoms with Gasteiger partial charge in [0, 0.05) is 23.4 Å². The fourth-order valence-electron chi connectivity index (χ4n) is 2.06. The van der Waals surface area contributed by atoms with Crippen molar-refractivity contribution >= 4 is 17.8 Å². The van der Waals surface area contributed by atoms with Gasteiger partial charge in [0.25, 0.3) is 11.6 Å². The number of nitro groups is 1. The number of nitrogens with zero attached hydrogens (tertiary/aromatic N) is 2. The van der Waals surface area contributed by atoms with Crippen LogP contribution in [0.15, 0.2) is 53.6 Å². The topological polar surface area (TPSA) is 84.6 Å². The van der Waals surface area contributed by atoms with Crippen molar-refractivity contribution in [1.29, 1.82) is 0 Å². The fourth-order valence-corrected chi connectivity index (χ4v) is 2.06.